The lowest BCUT2D eigenvalue weighted by atomic mass is 10.1. The molecule has 0 bridgehead atoms. The normalized spacial score (nSPS) is 10.1. The zero-order valence-electron chi connectivity index (χ0n) is 10.6. The second kappa shape index (κ2) is 6.21. The Morgan fingerprint density at radius 3 is 2.70 bits per heavy atom. The van der Waals surface area contributed by atoms with E-state index in [4.69, 9.17) is 11.6 Å². The second-order valence-corrected chi connectivity index (χ2v) is 4.37. The first-order valence-electron chi connectivity index (χ1n) is 5.76. The Kier molecular flexibility index (Phi) is 4.37. The number of ether oxygens (including phenoxy) is 1. The number of rotatable bonds is 4. The number of esters is 1. The monoisotopic (exact) mass is 293 g/mol. The highest BCUT2D eigenvalue weighted by molar-refractivity contribution is 6.30. The van der Waals surface area contributed by atoms with Crippen molar-refractivity contribution in [2.24, 2.45) is 0 Å². The van der Waals surface area contributed by atoms with Crippen LogP contribution in [-0.4, -0.2) is 35.7 Å². The lowest BCUT2D eigenvalue weighted by molar-refractivity contribution is -0.139. The van der Waals surface area contributed by atoms with Crippen LogP contribution in [0.3, 0.4) is 0 Å². The van der Waals surface area contributed by atoms with E-state index in [1.54, 1.807) is 30.3 Å². The van der Waals surface area contributed by atoms with Crippen LogP contribution in [0.2, 0.25) is 5.02 Å². The minimum atomic E-state index is -0.518. The Labute approximate surface area is 120 Å². The maximum absolute atomic E-state index is 11.8. The molecule has 0 aliphatic rings. The largest absolute Gasteiger partial charge is 0.468 e. The summed E-state index contributed by atoms with van der Waals surface area (Å²) in [6, 6.07) is 8.67. The van der Waals surface area contributed by atoms with E-state index in [9.17, 15) is 9.59 Å². The number of hydrogen-bond acceptors (Lipinski definition) is 4. The highest BCUT2D eigenvalue weighted by Crippen LogP contribution is 2.20. The third kappa shape index (κ3) is 3.36. The van der Waals surface area contributed by atoms with E-state index in [1.807, 2.05) is 0 Å². The first-order valence-corrected chi connectivity index (χ1v) is 6.14. The van der Waals surface area contributed by atoms with Crippen LogP contribution in [-0.2, 0) is 9.53 Å². The van der Waals surface area contributed by atoms with Crippen molar-refractivity contribution in [3.8, 4) is 11.3 Å². The lowest BCUT2D eigenvalue weighted by Crippen LogP contribution is -2.30. The van der Waals surface area contributed by atoms with Crippen molar-refractivity contribution >= 4 is 23.5 Å². The van der Waals surface area contributed by atoms with Gasteiger partial charge in [-0.05, 0) is 18.2 Å². The van der Waals surface area contributed by atoms with Gasteiger partial charge in [-0.2, -0.15) is 5.10 Å². The molecule has 2 aromatic rings. The summed E-state index contributed by atoms with van der Waals surface area (Å²) in [7, 11) is 1.25. The van der Waals surface area contributed by atoms with E-state index in [0.29, 0.717) is 10.7 Å². The minimum absolute atomic E-state index is 0.190. The number of carbonyl (C=O) groups excluding carboxylic acids is 2. The molecule has 0 saturated carbocycles. The zero-order valence-corrected chi connectivity index (χ0v) is 11.4. The second-order valence-electron chi connectivity index (χ2n) is 3.93. The van der Waals surface area contributed by atoms with Crippen LogP contribution in [0.5, 0.6) is 0 Å². The number of amides is 1. The van der Waals surface area contributed by atoms with Gasteiger partial charge < -0.3 is 10.1 Å². The predicted molar refractivity (Wildman–Crippen MR) is 73.4 cm³/mol. The summed E-state index contributed by atoms with van der Waals surface area (Å²) in [5.41, 5.74) is 1.71. The Hall–Kier alpha value is -2.34. The highest BCUT2D eigenvalue weighted by Gasteiger charge is 2.12. The molecule has 20 heavy (non-hydrogen) atoms. The van der Waals surface area contributed by atoms with Gasteiger partial charge in [-0.1, -0.05) is 23.7 Å². The topological polar surface area (TPSA) is 84.1 Å². The number of methoxy groups -OCH3 is 1. The van der Waals surface area contributed by atoms with Crippen LogP contribution >= 0.6 is 11.6 Å². The molecule has 104 valence electrons. The Morgan fingerprint density at radius 2 is 2.05 bits per heavy atom. The summed E-state index contributed by atoms with van der Waals surface area (Å²) in [6.45, 7) is -0.190. The third-order valence-corrected chi connectivity index (χ3v) is 2.84. The minimum Gasteiger partial charge on any atom is -0.468 e. The SMILES string of the molecule is COC(=O)CNC(=O)c1cc(-c2ccc(Cl)cc2)n[nH]1. The van der Waals surface area contributed by atoms with Gasteiger partial charge >= 0.3 is 5.97 Å². The molecular formula is C13H12ClN3O3. The van der Waals surface area contributed by atoms with E-state index in [0.717, 1.165) is 5.56 Å². The molecule has 0 aliphatic heterocycles. The third-order valence-electron chi connectivity index (χ3n) is 2.58. The van der Waals surface area contributed by atoms with Gasteiger partial charge in [0.1, 0.15) is 12.2 Å². The summed E-state index contributed by atoms with van der Waals surface area (Å²) >= 11 is 5.80. The molecule has 1 amide bonds. The van der Waals surface area contributed by atoms with Gasteiger partial charge in [-0.15, -0.1) is 0 Å². The van der Waals surface area contributed by atoms with Crippen LogP contribution in [0.4, 0.5) is 0 Å². The number of nitrogens with one attached hydrogen (secondary N) is 2. The van der Waals surface area contributed by atoms with Gasteiger partial charge in [0, 0.05) is 10.6 Å². The molecule has 2 rings (SSSR count). The number of aromatic amines is 1. The van der Waals surface area contributed by atoms with Crippen molar-refractivity contribution in [1.29, 1.82) is 0 Å². The summed E-state index contributed by atoms with van der Waals surface area (Å²) in [5, 5.41) is 9.70. The molecule has 1 heterocycles. The van der Waals surface area contributed by atoms with Crippen molar-refractivity contribution in [2.45, 2.75) is 0 Å². The molecule has 0 atom stereocenters. The van der Waals surface area contributed by atoms with E-state index in [2.05, 4.69) is 20.3 Å². The van der Waals surface area contributed by atoms with Gasteiger partial charge in [0.05, 0.1) is 12.8 Å². The molecular weight excluding hydrogens is 282 g/mol. The maximum Gasteiger partial charge on any atom is 0.325 e. The van der Waals surface area contributed by atoms with Gasteiger partial charge in [-0.25, -0.2) is 0 Å². The van der Waals surface area contributed by atoms with Crippen LogP contribution in [0.15, 0.2) is 30.3 Å². The van der Waals surface area contributed by atoms with Crippen LogP contribution in [0.1, 0.15) is 10.5 Å². The van der Waals surface area contributed by atoms with Crippen molar-refractivity contribution in [3.63, 3.8) is 0 Å². The molecule has 0 saturated heterocycles. The summed E-state index contributed by atoms with van der Waals surface area (Å²) in [6.07, 6.45) is 0. The van der Waals surface area contributed by atoms with Crippen LogP contribution < -0.4 is 5.32 Å². The first-order chi connectivity index (χ1) is 9.60. The van der Waals surface area contributed by atoms with E-state index < -0.39 is 11.9 Å². The maximum atomic E-state index is 11.8. The smallest absolute Gasteiger partial charge is 0.325 e. The van der Waals surface area contributed by atoms with E-state index in [1.165, 1.54) is 7.11 Å². The predicted octanol–water partition coefficient (Wildman–Crippen LogP) is 1.63. The quantitative estimate of drug-likeness (QED) is 0.839. The van der Waals surface area contributed by atoms with Gasteiger partial charge in [0.25, 0.3) is 5.91 Å². The summed E-state index contributed by atoms with van der Waals surface area (Å²) in [5.74, 6) is -0.945. The number of carbonyl (C=O) groups is 2. The molecule has 0 unspecified atom stereocenters. The van der Waals surface area contributed by atoms with Crippen molar-refractivity contribution in [1.82, 2.24) is 15.5 Å². The van der Waals surface area contributed by atoms with E-state index in [-0.39, 0.29) is 12.2 Å². The Morgan fingerprint density at radius 1 is 1.35 bits per heavy atom. The van der Waals surface area contributed by atoms with Crippen LogP contribution in [0, 0.1) is 0 Å². The lowest BCUT2D eigenvalue weighted by Gasteiger charge is -2.00. The molecule has 1 aromatic heterocycles. The van der Waals surface area contributed by atoms with Crippen molar-refractivity contribution in [3.05, 3.63) is 41.0 Å². The standard InChI is InChI=1S/C13H12ClN3O3/c1-20-12(18)7-15-13(19)11-6-10(16-17-11)8-2-4-9(14)5-3-8/h2-6H,7H2,1H3,(H,15,19)(H,16,17). The van der Waals surface area contributed by atoms with E-state index >= 15 is 0 Å². The van der Waals surface area contributed by atoms with Crippen molar-refractivity contribution in [2.75, 3.05) is 13.7 Å². The number of halogens is 1. The first kappa shape index (κ1) is 14.1. The molecule has 0 fully saturated rings. The van der Waals surface area contributed by atoms with Gasteiger partial charge in [0.15, 0.2) is 0 Å². The van der Waals surface area contributed by atoms with Crippen LogP contribution in [0.25, 0.3) is 11.3 Å². The Balaban J connectivity index is 2.06. The van der Waals surface area contributed by atoms with Gasteiger partial charge in [0.2, 0.25) is 0 Å². The molecule has 1 aromatic carbocycles. The molecule has 0 radical (unpaired) electrons. The molecule has 7 heteroatoms. The Bertz CT molecular complexity index is 622. The molecule has 0 aliphatic carbocycles. The zero-order chi connectivity index (χ0) is 14.5. The van der Waals surface area contributed by atoms with Crippen molar-refractivity contribution < 1.29 is 14.3 Å². The fourth-order valence-corrected chi connectivity index (χ4v) is 1.65. The van der Waals surface area contributed by atoms with Gasteiger partial charge in [-0.3, -0.25) is 14.7 Å². The number of hydrogen-bond donors (Lipinski definition) is 2. The summed E-state index contributed by atoms with van der Waals surface area (Å²) in [4.78, 5) is 22.7. The average molecular weight is 294 g/mol. The number of nitrogens with zero attached hydrogens (tertiary/aromatic N) is 1. The highest BCUT2D eigenvalue weighted by atomic mass is 35.5. The molecule has 2 N–H and O–H groups in total. The molecule has 6 nitrogen and oxygen atoms in total. The number of H-pyrrole nitrogens is 1. The number of aromatic nitrogens is 2. The number of benzene rings is 1. The summed E-state index contributed by atoms with van der Waals surface area (Å²) < 4.78 is 4.43. The fourth-order valence-electron chi connectivity index (χ4n) is 1.53. The molecule has 0 spiro atoms. The fraction of sp³-hybridized carbons (Fsp3) is 0.154. The average Bonchev–Trinajstić information content (AvgIpc) is 2.95.